The lowest BCUT2D eigenvalue weighted by Crippen LogP contribution is -2.13. The third-order valence-corrected chi connectivity index (χ3v) is 2.75. The van der Waals surface area contributed by atoms with Crippen molar-refractivity contribution in [1.82, 2.24) is 5.32 Å². The van der Waals surface area contributed by atoms with Gasteiger partial charge in [-0.05, 0) is 25.1 Å². The number of rotatable bonds is 6. The van der Waals surface area contributed by atoms with Gasteiger partial charge in [0.05, 0.1) is 0 Å². The summed E-state index contributed by atoms with van der Waals surface area (Å²) in [7, 11) is 0. The van der Waals surface area contributed by atoms with Gasteiger partial charge in [-0.25, -0.2) is 0 Å². The Labute approximate surface area is 84.9 Å². The van der Waals surface area contributed by atoms with E-state index in [0.29, 0.717) is 0 Å². The highest BCUT2D eigenvalue weighted by atomic mass is 32.2. The van der Waals surface area contributed by atoms with Crippen molar-refractivity contribution >= 4 is 11.8 Å². The second-order valence-electron chi connectivity index (χ2n) is 2.96. The van der Waals surface area contributed by atoms with Crippen molar-refractivity contribution in [2.45, 2.75) is 24.7 Å². The molecule has 1 rings (SSSR count). The molecule has 0 unspecified atom stereocenters. The van der Waals surface area contributed by atoms with Crippen molar-refractivity contribution in [2.75, 3.05) is 12.4 Å². The van der Waals surface area contributed by atoms with Gasteiger partial charge in [0.2, 0.25) is 0 Å². The van der Waals surface area contributed by atoms with Crippen molar-refractivity contribution in [3.63, 3.8) is 0 Å². The van der Waals surface area contributed by atoms with Crippen LogP contribution in [-0.4, -0.2) is 12.4 Å². The van der Waals surface area contributed by atoms with E-state index in [2.05, 4.69) is 42.6 Å². The van der Waals surface area contributed by atoms with E-state index in [0.717, 1.165) is 12.4 Å². The number of benzene rings is 1. The quantitative estimate of drug-likeness (QED) is 0.425. The van der Waals surface area contributed by atoms with E-state index in [4.69, 9.17) is 0 Å². The van der Waals surface area contributed by atoms with Crippen LogP contribution in [0.15, 0.2) is 35.2 Å². The summed E-state index contributed by atoms with van der Waals surface area (Å²) in [5.41, 5.74) is 0. The van der Waals surface area contributed by atoms with E-state index in [1.807, 2.05) is 11.8 Å². The van der Waals surface area contributed by atoms with Crippen LogP contribution in [0, 0.1) is 0 Å². The van der Waals surface area contributed by atoms with Gasteiger partial charge in [0.25, 0.3) is 0 Å². The predicted molar refractivity (Wildman–Crippen MR) is 60.1 cm³/mol. The summed E-state index contributed by atoms with van der Waals surface area (Å²) in [5, 5.41) is 3.40. The van der Waals surface area contributed by atoms with Crippen LogP contribution in [0.1, 0.15) is 19.8 Å². The van der Waals surface area contributed by atoms with Gasteiger partial charge in [-0.2, -0.15) is 0 Å². The van der Waals surface area contributed by atoms with Gasteiger partial charge in [0.1, 0.15) is 0 Å². The molecule has 0 aromatic heterocycles. The molecule has 0 amide bonds. The minimum absolute atomic E-state index is 1.02. The number of thioether (sulfide) groups is 1. The van der Waals surface area contributed by atoms with Gasteiger partial charge >= 0.3 is 0 Å². The summed E-state index contributed by atoms with van der Waals surface area (Å²) < 4.78 is 0. The van der Waals surface area contributed by atoms with Crippen molar-refractivity contribution in [3.05, 3.63) is 30.3 Å². The van der Waals surface area contributed by atoms with Crippen LogP contribution >= 0.6 is 11.8 Å². The highest BCUT2D eigenvalue weighted by molar-refractivity contribution is 7.99. The molecule has 13 heavy (non-hydrogen) atoms. The summed E-state index contributed by atoms with van der Waals surface area (Å²) in [6.45, 7) is 3.35. The lowest BCUT2D eigenvalue weighted by Gasteiger charge is -2.02. The number of nitrogens with one attached hydrogen (secondary N) is 1. The second kappa shape index (κ2) is 6.98. The number of unbranched alkanes of at least 4 members (excludes halogenated alkanes) is 1. The van der Waals surface area contributed by atoms with Crippen molar-refractivity contribution in [2.24, 2.45) is 0 Å². The first-order valence-electron chi connectivity index (χ1n) is 4.82. The largest absolute Gasteiger partial charge is 0.308 e. The highest BCUT2D eigenvalue weighted by Gasteiger charge is 1.90. The van der Waals surface area contributed by atoms with E-state index >= 15 is 0 Å². The van der Waals surface area contributed by atoms with Gasteiger partial charge in [-0.15, -0.1) is 11.8 Å². The van der Waals surface area contributed by atoms with E-state index < -0.39 is 0 Å². The smallest absolute Gasteiger partial charge is 0.0465 e. The molecule has 0 aliphatic rings. The average Bonchev–Trinajstić information content (AvgIpc) is 2.19. The Morgan fingerprint density at radius 2 is 2.00 bits per heavy atom. The van der Waals surface area contributed by atoms with Crippen molar-refractivity contribution in [3.8, 4) is 0 Å². The molecule has 0 saturated heterocycles. The monoisotopic (exact) mass is 195 g/mol. The van der Waals surface area contributed by atoms with Crippen LogP contribution in [0.2, 0.25) is 0 Å². The van der Waals surface area contributed by atoms with E-state index in [1.165, 1.54) is 17.7 Å². The third kappa shape index (κ3) is 4.96. The summed E-state index contributed by atoms with van der Waals surface area (Å²) in [6, 6.07) is 10.5. The summed E-state index contributed by atoms with van der Waals surface area (Å²) in [6.07, 6.45) is 2.54. The summed E-state index contributed by atoms with van der Waals surface area (Å²) >= 11 is 1.86. The fourth-order valence-electron chi connectivity index (χ4n) is 1.03. The van der Waals surface area contributed by atoms with Crippen LogP contribution in [0.25, 0.3) is 0 Å². The molecule has 0 saturated carbocycles. The van der Waals surface area contributed by atoms with Crippen molar-refractivity contribution in [1.29, 1.82) is 0 Å². The molecule has 0 aliphatic carbocycles. The second-order valence-corrected chi connectivity index (χ2v) is 4.00. The first kappa shape index (κ1) is 10.6. The molecule has 1 aromatic carbocycles. The lowest BCUT2D eigenvalue weighted by molar-refractivity contribution is 0.700. The number of hydrogen-bond acceptors (Lipinski definition) is 2. The van der Waals surface area contributed by atoms with Crippen LogP contribution in [0.5, 0.6) is 0 Å². The molecule has 0 atom stereocenters. The molecule has 1 N–H and O–H groups in total. The Bertz CT molecular complexity index is 211. The SMILES string of the molecule is CCCCNCSc1ccccc1. The van der Waals surface area contributed by atoms with Crippen LogP contribution in [-0.2, 0) is 0 Å². The molecule has 0 aliphatic heterocycles. The molecule has 0 spiro atoms. The van der Waals surface area contributed by atoms with E-state index in [-0.39, 0.29) is 0 Å². The molecular formula is C11H17NS. The van der Waals surface area contributed by atoms with E-state index in [1.54, 1.807) is 0 Å². The zero-order chi connectivity index (χ0) is 9.36. The first-order chi connectivity index (χ1) is 6.43. The Kier molecular flexibility index (Phi) is 5.70. The topological polar surface area (TPSA) is 12.0 Å². The predicted octanol–water partition coefficient (Wildman–Crippen LogP) is 3.13. The van der Waals surface area contributed by atoms with Gasteiger partial charge in [0, 0.05) is 10.8 Å². The van der Waals surface area contributed by atoms with E-state index in [9.17, 15) is 0 Å². The van der Waals surface area contributed by atoms with Gasteiger partial charge in [-0.3, -0.25) is 0 Å². The van der Waals surface area contributed by atoms with Crippen LogP contribution < -0.4 is 5.32 Å². The summed E-state index contributed by atoms with van der Waals surface area (Å²) in [4.78, 5) is 1.34. The highest BCUT2D eigenvalue weighted by Crippen LogP contribution is 2.14. The zero-order valence-electron chi connectivity index (χ0n) is 8.12. The Morgan fingerprint density at radius 1 is 1.23 bits per heavy atom. The zero-order valence-corrected chi connectivity index (χ0v) is 8.94. The Balaban J connectivity index is 2.07. The molecule has 2 heteroatoms. The van der Waals surface area contributed by atoms with Crippen LogP contribution in [0.3, 0.4) is 0 Å². The van der Waals surface area contributed by atoms with Gasteiger partial charge in [0.15, 0.2) is 0 Å². The normalized spacial score (nSPS) is 10.2. The maximum absolute atomic E-state index is 3.40. The average molecular weight is 195 g/mol. The maximum Gasteiger partial charge on any atom is 0.0465 e. The van der Waals surface area contributed by atoms with Gasteiger partial charge < -0.3 is 5.32 Å². The summed E-state index contributed by atoms with van der Waals surface area (Å²) in [5.74, 6) is 1.02. The number of hydrogen-bond donors (Lipinski definition) is 1. The molecule has 1 aromatic rings. The minimum atomic E-state index is 1.02. The van der Waals surface area contributed by atoms with Gasteiger partial charge in [-0.1, -0.05) is 31.5 Å². The lowest BCUT2D eigenvalue weighted by atomic mass is 10.3. The maximum atomic E-state index is 3.40. The third-order valence-electron chi connectivity index (χ3n) is 1.79. The molecular weight excluding hydrogens is 178 g/mol. The van der Waals surface area contributed by atoms with Crippen LogP contribution in [0.4, 0.5) is 0 Å². The molecule has 0 bridgehead atoms. The Hall–Kier alpha value is -0.470. The first-order valence-corrected chi connectivity index (χ1v) is 5.80. The van der Waals surface area contributed by atoms with Crippen molar-refractivity contribution < 1.29 is 0 Å². The molecule has 0 fully saturated rings. The molecule has 1 nitrogen and oxygen atoms in total. The molecule has 72 valence electrons. The molecule has 0 heterocycles. The Morgan fingerprint density at radius 3 is 2.69 bits per heavy atom. The minimum Gasteiger partial charge on any atom is -0.308 e. The standard InChI is InChI=1S/C11H17NS/c1-2-3-9-12-10-13-11-7-5-4-6-8-11/h4-8,12H,2-3,9-10H2,1H3. The fraction of sp³-hybridized carbons (Fsp3) is 0.455. The molecule has 0 radical (unpaired) electrons. The fourth-order valence-corrected chi connectivity index (χ4v) is 1.79.